The van der Waals surface area contributed by atoms with E-state index in [1.54, 1.807) is 36.1 Å². The van der Waals surface area contributed by atoms with E-state index in [9.17, 15) is 18.0 Å². The Balaban J connectivity index is 1.54. The van der Waals surface area contributed by atoms with Crippen LogP contribution in [0.15, 0.2) is 41.6 Å². The van der Waals surface area contributed by atoms with E-state index >= 15 is 0 Å². The van der Waals surface area contributed by atoms with Crippen LogP contribution in [0.4, 0.5) is 5.69 Å². The number of nitrogens with one attached hydrogen (secondary N) is 2. The molecule has 37 heavy (non-hydrogen) atoms. The summed E-state index contributed by atoms with van der Waals surface area (Å²) in [6, 6.07) is 6.54. The Morgan fingerprint density at radius 1 is 1.11 bits per heavy atom. The highest BCUT2D eigenvalue weighted by Crippen LogP contribution is 2.28. The van der Waals surface area contributed by atoms with Gasteiger partial charge < -0.3 is 15.5 Å². The number of fused-ring (bicyclic) bond motifs is 1. The number of hydrogen-bond acceptors (Lipinski definition) is 7. The maximum atomic E-state index is 13.3. The standard InChI is InChI=1S/C25H33N7O4S/c1-5-32-24-21(16-28-32)23(29-19-10-12-31(13-11-19)17(2)33)22(15-26-24)25(34)27-14-18-6-8-20(9-7-18)37(35,36)30(3)4/h6-9,15-16,19H,5,10-14H2,1-4H3,(H,26,29)(H,27,34). The molecule has 1 saturated heterocycles. The molecule has 1 aliphatic rings. The fourth-order valence-corrected chi connectivity index (χ4v) is 5.30. The van der Waals surface area contributed by atoms with Crippen molar-refractivity contribution in [2.24, 2.45) is 0 Å². The largest absolute Gasteiger partial charge is 0.381 e. The van der Waals surface area contributed by atoms with Gasteiger partial charge in [-0.2, -0.15) is 5.10 Å². The van der Waals surface area contributed by atoms with Crippen molar-refractivity contribution in [3.63, 3.8) is 0 Å². The average Bonchev–Trinajstić information content (AvgIpc) is 3.31. The molecule has 2 amide bonds. The predicted octanol–water partition coefficient (Wildman–Crippen LogP) is 2.05. The summed E-state index contributed by atoms with van der Waals surface area (Å²) in [5.74, 6) is -0.228. The van der Waals surface area contributed by atoms with Crippen LogP contribution < -0.4 is 10.6 Å². The zero-order valence-corrected chi connectivity index (χ0v) is 22.4. The van der Waals surface area contributed by atoms with Crippen molar-refractivity contribution in [1.82, 2.24) is 29.3 Å². The van der Waals surface area contributed by atoms with Crippen LogP contribution in [-0.4, -0.2) is 77.4 Å². The monoisotopic (exact) mass is 527 g/mol. The molecule has 1 aliphatic heterocycles. The van der Waals surface area contributed by atoms with Gasteiger partial charge in [-0.1, -0.05) is 12.1 Å². The summed E-state index contributed by atoms with van der Waals surface area (Å²) in [5.41, 5.74) is 2.55. The van der Waals surface area contributed by atoms with Gasteiger partial charge in [0.25, 0.3) is 5.91 Å². The molecule has 0 unspecified atom stereocenters. The molecule has 0 atom stereocenters. The quantitative estimate of drug-likeness (QED) is 0.459. The number of aromatic nitrogens is 3. The number of piperidine rings is 1. The third-order valence-corrected chi connectivity index (χ3v) is 8.48. The van der Waals surface area contributed by atoms with Crippen LogP contribution in [0, 0.1) is 0 Å². The first-order chi connectivity index (χ1) is 17.6. The number of aryl methyl sites for hydroxylation is 1. The maximum absolute atomic E-state index is 13.3. The van der Waals surface area contributed by atoms with Crippen LogP contribution in [-0.2, 0) is 27.9 Å². The van der Waals surface area contributed by atoms with Gasteiger partial charge in [-0.25, -0.2) is 22.4 Å². The van der Waals surface area contributed by atoms with Crippen LogP contribution in [0.5, 0.6) is 0 Å². The zero-order valence-electron chi connectivity index (χ0n) is 21.6. The molecule has 11 nitrogen and oxygen atoms in total. The number of carbonyl (C=O) groups excluding carboxylic acids is 2. The van der Waals surface area contributed by atoms with Crippen LogP contribution in [0.1, 0.15) is 42.6 Å². The van der Waals surface area contributed by atoms with Crippen molar-refractivity contribution >= 4 is 38.6 Å². The molecule has 1 fully saturated rings. The normalized spacial score (nSPS) is 14.8. The lowest BCUT2D eigenvalue weighted by atomic mass is 10.0. The molecule has 198 valence electrons. The Morgan fingerprint density at radius 2 is 1.78 bits per heavy atom. The summed E-state index contributed by atoms with van der Waals surface area (Å²) in [5, 5.41) is 11.6. The first-order valence-electron chi connectivity index (χ1n) is 12.3. The van der Waals surface area contributed by atoms with Crippen LogP contribution in [0.25, 0.3) is 11.0 Å². The Labute approximate surface area is 216 Å². The molecule has 12 heteroatoms. The minimum atomic E-state index is -3.52. The highest BCUT2D eigenvalue weighted by atomic mass is 32.2. The van der Waals surface area contributed by atoms with Crippen molar-refractivity contribution in [3.05, 3.63) is 47.8 Å². The lowest BCUT2D eigenvalue weighted by Gasteiger charge is -2.32. The highest BCUT2D eigenvalue weighted by Gasteiger charge is 2.25. The second kappa shape index (κ2) is 10.9. The van der Waals surface area contributed by atoms with E-state index in [1.165, 1.54) is 26.2 Å². The van der Waals surface area contributed by atoms with Crippen molar-refractivity contribution in [1.29, 1.82) is 0 Å². The van der Waals surface area contributed by atoms with Gasteiger partial charge in [0.2, 0.25) is 15.9 Å². The van der Waals surface area contributed by atoms with Gasteiger partial charge in [-0.05, 0) is 37.5 Å². The molecule has 4 rings (SSSR count). The molecular formula is C25H33N7O4S. The molecular weight excluding hydrogens is 494 g/mol. The first-order valence-corrected chi connectivity index (χ1v) is 13.7. The van der Waals surface area contributed by atoms with E-state index in [0.29, 0.717) is 36.5 Å². The third-order valence-electron chi connectivity index (χ3n) is 6.65. The number of anilines is 1. The topological polar surface area (TPSA) is 130 Å². The number of nitrogens with zero attached hydrogens (tertiary/aromatic N) is 5. The van der Waals surface area contributed by atoms with Crippen molar-refractivity contribution in [3.8, 4) is 0 Å². The third kappa shape index (κ3) is 5.59. The molecule has 0 bridgehead atoms. The van der Waals surface area contributed by atoms with Crippen LogP contribution >= 0.6 is 0 Å². The van der Waals surface area contributed by atoms with E-state index in [0.717, 1.165) is 28.1 Å². The average molecular weight is 528 g/mol. The van der Waals surface area contributed by atoms with Gasteiger partial charge in [0.1, 0.15) is 0 Å². The molecule has 0 saturated carbocycles. The summed E-state index contributed by atoms with van der Waals surface area (Å²) >= 11 is 0. The molecule has 1 aromatic carbocycles. The second-order valence-electron chi connectivity index (χ2n) is 9.28. The fraction of sp³-hybridized carbons (Fsp3) is 0.440. The Bertz CT molecular complexity index is 1390. The van der Waals surface area contributed by atoms with Crippen molar-refractivity contribution in [2.45, 2.75) is 50.7 Å². The molecule has 3 heterocycles. The molecule has 3 aromatic rings. The Kier molecular flexibility index (Phi) is 7.79. The summed E-state index contributed by atoms with van der Waals surface area (Å²) in [4.78, 5) is 31.5. The lowest BCUT2D eigenvalue weighted by molar-refractivity contribution is -0.129. The first kappa shape index (κ1) is 26.6. The van der Waals surface area contributed by atoms with E-state index in [4.69, 9.17) is 0 Å². The van der Waals surface area contributed by atoms with Crippen molar-refractivity contribution in [2.75, 3.05) is 32.5 Å². The Morgan fingerprint density at radius 3 is 2.38 bits per heavy atom. The van der Waals surface area contributed by atoms with E-state index in [-0.39, 0.29) is 29.3 Å². The highest BCUT2D eigenvalue weighted by molar-refractivity contribution is 7.89. The smallest absolute Gasteiger partial charge is 0.255 e. The zero-order chi connectivity index (χ0) is 26.7. The van der Waals surface area contributed by atoms with Crippen LogP contribution in [0.2, 0.25) is 0 Å². The Hall–Kier alpha value is -3.51. The number of pyridine rings is 1. The summed E-state index contributed by atoms with van der Waals surface area (Å²) in [6.45, 7) is 5.76. The van der Waals surface area contributed by atoms with Gasteiger partial charge in [0, 0.05) is 59.4 Å². The molecule has 0 aliphatic carbocycles. The molecule has 2 aromatic heterocycles. The van der Waals surface area contributed by atoms with Crippen molar-refractivity contribution < 1.29 is 18.0 Å². The van der Waals surface area contributed by atoms with Crippen LogP contribution in [0.3, 0.4) is 0 Å². The predicted molar refractivity (Wildman–Crippen MR) is 141 cm³/mol. The van der Waals surface area contributed by atoms with Gasteiger partial charge in [-0.3, -0.25) is 9.59 Å². The summed E-state index contributed by atoms with van der Waals surface area (Å²) < 4.78 is 27.5. The molecule has 0 spiro atoms. The number of rotatable bonds is 8. The molecule has 0 radical (unpaired) electrons. The number of likely N-dealkylation sites (tertiary alicyclic amines) is 1. The fourth-order valence-electron chi connectivity index (χ4n) is 4.40. The van der Waals surface area contributed by atoms with Gasteiger partial charge in [0.15, 0.2) is 5.65 Å². The second-order valence-corrected chi connectivity index (χ2v) is 11.4. The number of hydrogen-bond donors (Lipinski definition) is 2. The van der Waals surface area contributed by atoms with Gasteiger partial charge >= 0.3 is 0 Å². The SMILES string of the molecule is CCn1ncc2c(NC3CCN(C(C)=O)CC3)c(C(=O)NCc3ccc(S(=O)(=O)N(C)C)cc3)cnc21. The minimum Gasteiger partial charge on any atom is -0.381 e. The van der Waals surface area contributed by atoms with E-state index in [2.05, 4.69) is 20.7 Å². The number of benzene rings is 1. The minimum absolute atomic E-state index is 0.0707. The lowest BCUT2D eigenvalue weighted by Crippen LogP contribution is -2.41. The van der Waals surface area contributed by atoms with E-state index in [1.807, 2.05) is 11.8 Å². The number of sulfonamides is 1. The van der Waals surface area contributed by atoms with Gasteiger partial charge in [-0.15, -0.1) is 0 Å². The maximum Gasteiger partial charge on any atom is 0.255 e. The molecule has 2 N–H and O–H groups in total. The van der Waals surface area contributed by atoms with E-state index < -0.39 is 10.0 Å². The summed E-state index contributed by atoms with van der Waals surface area (Å²) in [7, 11) is -0.551. The summed E-state index contributed by atoms with van der Waals surface area (Å²) in [6.07, 6.45) is 4.83. The van der Waals surface area contributed by atoms with Gasteiger partial charge in [0.05, 0.1) is 27.7 Å². The number of amides is 2. The number of carbonyl (C=O) groups is 2.